The Morgan fingerprint density at radius 3 is 2.61 bits per heavy atom. The van der Waals surface area contributed by atoms with Crippen molar-refractivity contribution in [1.82, 2.24) is 0 Å². The lowest BCUT2D eigenvalue weighted by Crippen LogP contribution is -2.27. The molecule has 18 heavy (non-hydrogen) atoms. The van der Waals surface area contributed by atoms with Crippen molar-refractivity contribution in [2.24, 2.45) is 5.92 Å². The molecule has 2 nitrogen and oxygen atoms in total. The van der Waals surface area contributed by atoms with Gasteiger partial charge in [0.05, 0.1) is 12.1 Å². The van der Waals surface area contributed by atoms with Crippen LogP contribution in [0.4, 0.5) is 5.69 Å². The average molecular weight is 268 g/mol. The van der Waals surface area contributed by atoms with E-state index in [9.17, 15) is 0 Å². The summed E-state index contributed by atoms with van der Waals surface area (Å²) in [4.78, 5) is 0. The Morgan fingerprint density at radius 1 is 1.28 bits per heavy atom. The average Bonchev–Trinajstić information content (AvgIpc) is 2.40. The SMILES string of the molecule is COc1ccc(NC(C)C2CCCCC2)cc1Cl. The topological polar surface area (TPSA) is 21.3 Å². The van der Waals surface area contributed by atoms with E-state index < -0.39 is 0 Å². The van der Waals surface area contributed by atoms with E-state index in [0.717, 1.165) is 17.4 Å². The summed E-state index contributed by atoms with van der Waals surface area (Å²) in [5.74, 6) is 1.52. The van der Waals surface area contributed by atoms with Gasteiger partial charge in [0.25, 0.3) is 0 Å². The lowest BCUT2D eigenvalue weighted by Gasteiger charge is -2.29. The molecular weight excluding hydrogens is 246 g/mol. The van der Waals surface area contributed by atoms with Crippen molar-refractivity contribution >= 4 is 17.3 Å². The Labute approximate surface area is 115 Å². The van der Waals surface area contributed by atoms with Gasteiger partial charge < -0.3 is 10.1 Å². The van der Waals surface area contributed by atoms with Gasteiger partial charge in [-0.25, -0.2) is 0 Å². The van der Waals surface area contributed by atoms with E-state index in [0.29, 0.717) is 11.1 Å². The van der Waals surface area contributed by atoms with E-state index in [-0.39, 0.29) is 0 Å². The Hall–Kier alpha value is -0.890. The van der Waals surface area contributed by atoms with Crippen molar-refractivity contribution in [3.05, 3.63) is 23.2 Å². The first-order valence-electron chi connectivity index (χ1n) is 6.81. The van der Waals surface area contributed by atoms with Crippen LogP contribution in [0, 0.1) is 5.92 Å². The van der Waals surface area contributed by atoms with Gasteiger partial charge in [-0.1, -0.05) is 30.9 Å². The molecule has 1 fully saturated rings. The zero-order chi connectivity index (χ0) is 13.0. The summed E-state index contributed by atoms with van der Waals surface area (Å²) in [7, 11) is 1.64. The summed E-state index contributed by atoms with van der Waals surface area (Å²) < 4.78 is 5.16. The minimum atomic E-state index is 0.509. The van der Waals surface area contributed by atoms with Crippen molar-refractivity contribution in [3.8, 4) is 5.75 Å². The standard InChI is InChI=1S/C15H22ClNO/c1-11(12-6-4-3-5-7-12)17-13-8-9-15(18-2)14(16)10-13/h8-12,17H,3-7H2,1-2H3. The molecule has 1 aliphatic carbocycles. The third-order valence-corrected chi connectivity index (χ3v) is 4.20. The second-order valence-electron chi connectivity index (χ2n) is 5.18. The summed E-state index contributed by atoms with van der Waals surface area (Å²) in [6.45, 7) is 2.27. The second-order valence-corrected chi connectivity index (χ2v) is 5.59. The first-order valence-corrected chi connectivity index (χ1v) is 7.18. The van der Waals surface area contributed by atoms with Crippen LogP contribution in [0.5, 0.6) is 5.75 Å². The second kappa shape index (κ2) is 6.33. The molecule has 0 spiro atoms. The van der Waals surface area contributed by atoms with E-state index >= 15 is 0 Å². The van der Waals surface area contributed by atoms with E-state index in [4.69, 9.17) is 16.3 Å². The van der Waals surface area contributed by atoms with Gasteiger partial charge in [-0.15, -0.1) is 0 Å². The molecule has 0 bridgehead atoms. The van der Waals surface area contributed by atoms with E-state index in [1.165, 1.54) is 32.1 Å². The Morgan fingerprint density at radius 2 is 2.00 bits per heavy atom. The molecule has 1 atom stereocenters. The number of halogens is 1. The molecule has 1 saturated carbocycles. The molecular formula is C15H22ClNO. The van der Waals surface area contributed by atoms with E-state index in [2.05, 4.69) is 12.2 Å². The van der Waals surface area contributed by atoms with Gasteiger partial charge in [0, 0.05) is 11.7 Å². The third kappa shape index (κ3) is 3.32. The summed E-state index contributed by atoms with van der Waals surface area (Å²) in [6.07, 6.45) is 6.84. The van der Waals surface area contributed by atoms with Crippen molar-refractivity contribution in [2.75, 3.05) is 12.4 Å². The van der Waals surface area contributed by atoms with Crippen molar-refractivity contribution < 1.29 is 4.74 Å². The third-order valence-electron chi connectivity index (χ3n) is 3.90. The van der Waals surface area contributed by atoms with Crippen LogP contribution in [-0.4, -0.2) is 13.2 Å². The molecule has 2 rings (SSSR count). The van der Waals surface area contributed by atoms with Crippen LogP contribution in [0.1, 0.15) is 39.0 Å². The molecule has 1 aromatic carbocycles. The Bertz CT molecular complexity index is 388. The molecule has 1 aliphatic rings. The van der Waals surface area contributed by atoms with Gasteiger partial charge >= 0.3 is 0 Å². The maximum absolute atomic E-state index is 6.13. The summed E-state index contributed by atoms with van der Waals surface area (Å²) in [6, 6.07) is 6.40. The highest BCUT2D eigenvalue weighted by atomic mass is 35.5. The minimum Gasteiger partial charge on any atom is -0.495 e. The van der Waals surface area contributed by atoms with Gasteiger partial charge in [0.2, 0.25) is 0 Å². The van der Waals surface area contributed by atoms with Crippen molar-refractivity contribution in [2.45, 2.75) is 45.1 Å². The predicted molar refractivity (Wildman–Crippen MR) is 77.7 cm³/mol. The van der Waals surface area contributed by atoms with E-state index in [1.807, 2.05) is 18.2 Å². The highest BCUT2D eigenvalue weighted by Crippen LogP contribution is 2.31. The number of hydrogen-bond acceptors (Lipinski definition) is 2. The maximum atomic E-state index is 6.13. The van der Waals surface area contributed by atoms with Crippen LogP contribution in [0.25, 0.3) is 0 Å². The Kier molecular flexibility index (Phi) is 4.76. The highest BCUT2D eigenvalue weighted by Gasteiger charge is 2.19. The maximum Gasteiger partial charge on any atom is 0.137 e. The molecule has 100 valence electrons. The molecule has 1 aromatic rings. The molecule has 0 aliphatic heterocycles. The zero-order valence-electron chi connectivity index (χ0n) is 11.2. The molecule has 0 saturated heterocycles. The molecule has 0 radical (unpaired) electrons. The number of hydrogen-bond donors (Lipinski definition) is 1. The number of anilines is 1. The van der Waals surface area contributed by atoms with Crippen LogP contribution in [0.3, 0.4) is 0 Å². The molecule has 1 N–H and O–H groups in total. The fourth-order valence-electron chi connectivity index (χ4n) is 2.77. The smallest absolute Gasteiger partial charge is 0.137 e. The molecule has 1 unspecified atom stereocenters. The minimum absolute atomic E-state index is 0.509. The monoisotopic (exact) mass is 267 g/mol. The number of rotatable bonds is 4. The normalized spacial score (nSPS) is 18.4. The lowest BCUT2D eigenvalue weighted by molar-refractivity contribution is 0.328. The predicted octanol–water partition coefficient (Wildman–Crippen LogP) is 4.73. The summed E-state index contributed by atoms with van der Waals surface area (Å²) >= 11 is 6.13. The fraction of sp³-hybridized carbons (Fsp3) is 0.600. The largest absolute Gasteiger partial charge is 0.495 e. The number of methoxy groups -OCH3 is 1. The fourth-order valence-corrected chi connectivity index (χ4v) is 3.03. The molecule has 0 heterocycles. The molecule has 0 amide bonds. The molecule has 0 aromatic heterocycles. The van der Waals surface area contributed by atoms with Gasteiger partial charge in [-0.05, 0) is 43.9 Å². The zero-order valence-corrected chi connectivity index (χ0v) is 12.0. The van der Waals surface area contributed by atoms with Crippen molar-refractivity contribution in [1.29, 1.82) is 0 Å². The van der Waals surface area contributed by atoms with Crippen LogP contribution >= 0.6 is 11.6 Å². The molecule has 3 heteroatoms. The van der Waals surface area contributed by atoms with Gasteiger partial charge in [0.1, 0.15) is 5.75 Å². The first-order chi connectivity index (χ1) is 8.70. The quantitative estimate of drug-likeness (QED) is 0.852. The van der Waals surface area contributed by atoms with Crippen LogP contribution < -0.4 is 10.1 Å². The Balaban J connectivity index is 1.97. The van der Waals surface area contributed by atoms with Crippen LogP contribution in [-0.2, 0) is 0 Å². The van der Waals surface area contributed by atoms with E-state index in [1.54, 1.807) is 7.11 Å². The highest BCUT2D eigenvalue weighted by molar-refractivity contribution is 6.32. The lowest BCUT2D eigenvalue weighted by atomic mass is 9.84. The van der Waals surface area contributed by atoms with Crippen molar-refractivity contribution in [3.63, 3.8) is 0 Å². The van der Waals surface area contributed by atoms with Gasteiger partial charge in [-0.3, -0.25) is 0 Å². The number of ether oxygens (including phenoxy) is 1. The number of nitrogens with one attached hydrogen (secondary N) is 1. The van der Waals surface area contributed by atoms with Crippen LogP contribution in [0.2, 0.25) is 5.02 Å². The summed E-state index contributed by atoms with van der Waals surface area (Å²) in [5.41, 5.74) is 1.08. The summed E-state index contributed by atoms with van der Waals surface area (Å²) in [5, 5.41) is 4.23. The van der Waals surface area contributed by atoms with Gasteiger partial charge in [-0.2, -0.15) is 0 Å². The number of benzene rings is 1. The first kappa shape index (κ1) is 13.5. The van der Waals surface area contributed by atoms with Gasteiger partial charge in [0.15, 0.2) is 0 Å². The van der Waals surface area contributed by atoms with Crippen LogP contribution in [0.15, 0.2) is 18.2 Å².